The van der Waals surface area contributed by atoms with Gasteiger partial charge in [0.2, 0.25) is 11.8 Å². The molecule has 10 heteroatoms. The molecule has 1 aliphatic heterocycles. The second-order valence-electron chi connectivity index (χ2n) is 9.84. The third-order valence-corrected chi connectivity index (χ3v) is 6.37. The molecule has 0 radical (unpaired) electrons. The van der Waals surface area contributed by atoms with E-state index < -0.39 is 12.1 Å². The molecule has 37 heavy (non-hydrogen) atoms. The Morgan fingerprint density at radius 3 is 2.54 bits per heavy atom. The average Bonchev–Trinajstić information content (AvgIpc) is 3.56. The zero-order valence-electron chi connectivity index (χ0n) is 21.6. The van der Waals surface area contributed by atoms with Crippen LogP contribution in [-0.2, 0) is 16.1 Å². The van der Waals surface area contributed by atoms with Crippen LogP contribution in [-0.4, -0.2) is 61.5 Å². The van der Waals surface area contributed by atoms with Gasteiger partial charge in [-0.25, -0.2) is 9.67 Å². The lowest BCUT2D eigenvalue weighted by Gasteiger charge is -2.25. The number of amides is 3. The molecule has 10 nitrogen and oxygen atoms in total. The Morgan fingerprint density at radius 2 is 1.84 bits per heavy atom. The Bertz CT molecular complexity index is 1200. The highest BCUT2D eigenvalue weighted by molar-refractivity contribution is 5.92. The van der Waals surface area contributed by atoms with Crippen LogP contribution in [0.2, 0.25) is 0 Å². The van der Waals surface area contributed by atoms with Gasteiger partial charge in [0.1, 0.15) is 17.6 Å². The van der Waals surface area contributed by atoms with E-state index in [2.05, 4.69) is 15.6 Å². The Hall–Kier alpha value is -3.95. The smallest absolute Gasteiger partial charge is 0.270 e. The molecule has 1 aliphatic rings. The van der Waals surface area contributed by atoms with E-state index in [4.69, 9.17) is 10.1 Å². The number of nitrogens with one attached hydrogen (secondary N) is 3. The molecular weight excluding hydrogens is 470 g/mol. The van der Waals surface area contributed by atoms with Gasteiger partial charge in [0.15, 0.2) is 5.82 Å². The summed E-state index contributed by atoms with van der Waals surface area (Å²) in [6, 6.07) is 12.1. The standard InChI is InChI=1S/C27H35N7O3/c1-18(2)17-22-26(36)29-19(3)25-31-24(20-9-5-4-6-10-20)32-34(25)16-15-33(14-8-12-23(35)30-22)27(37)21-11-7-13-28-21/h4-7,9-11,13,18-19,22,28H,8,12,14-17H2,1-3H3,(H,29,36)(H,30,35)/t19-,22-/m1/s1. The largest absolute Gasteiger partial charge is 0.357 e. The van der Waals surface area contributed by atoms with E-state index in [1.807, 2.05) is 51.1 Å². The number of nitrogens with zero attached hydrogens (tertiary/aromatic N) is 4. The number of aromatic nitrogens is 4. The number of H-pyrrole nitrogens is 1. The normalized spacial score (nSPS) is 19.6. The average molecular weight is 506 g/mol. The predicted molar refractivity (Wildman–Crippen MR) is 139 cm³/mol. The maximum Gasteiger partial charge on any atom is 0.270 e. The number of hydrogen-bond donors (Lipinski definition) is 3. The van der Waals surface area contributed by atoms with E-state index >= 15 is 0 Å². The Labute approximate surface area is 216 Å². The van der Waals surface area contributed by atoms with Crippen molar-refractivity contribution in [1.29, 1.82) is 0 Å². The van der Waals surface area contributed by atoms with Crippen molar-refractivity contribution in [3.63, 3.8) is 0 Å². The summed E-state index contributed by atoms with van der Waals surface area (Å²) in [6.07, 6.45) is 2.93. The summed E-state index contributed by atoms with van der Waals surface area (Å²) in [5.41, 5.74) is 1.36. The third kappa shape index (κ3) is 6.63. The first-order valence-electron chi connectivity index (χ1n) is 12.8. The van der Waals surface area contributed by atoms with Gasteiger partial charge >= 0.3 is 0 Å². The van der Waals surface area contributed by atoms with Crippen molar-refractivity contribution >= 4 is 17.7 Å². The van der Waals surface area contributed by atoms with Crippen LogP contribution < -0.4 is 10.6 Å². The first kappa shape index (κ1) is 26.1. The molecule has 0 saturated carbocycles. The van der Waals surface area contributed by atoms with Crippen molar-refractivity contribution in [2.45, 2.75) is 58.7 Å². The Kier molecular flexibility index (Phi) is 8.37. The van der Waals surface area contributed by atoms with Crippen molar-refractivity contribution in [3.05, 3.63) is 60.2 Å². The monoisotopic (exact) mass is 505 g/mol. The molecule has 4 rings (SSSR count). The van der Waals surface area contributed by atoms with Crippen molar-refractivity contribution in [2.75, 3.05) is 13.1 Å². The van der Waals surface area contributed by atoms with E-state index in [9.17, 15) is 14.4 Å². The Morgan fingerprint density at radius 1 is 1.05 bits per heavy atom. The van der Waals surface area contributed by atoms with Crippen LogP contribution in [0.1, 0.15) is 62.4 Å². The molecule has 0 fully saturated rings. The fraction of sp³-hybridized carbons (Fsp3) is 0.444. The molecule has 2 aromatic heterocycles. The number of carbonyl (C=O) groups excluding carboxylic acids is 3. The van der Waals surface area contributed by atoms with E-state index in [1.165, 1.54) is 0 Å². The van der Waals surface area contributed by atoms with Crippen LogP contribution in [0, 0.1) is 5.92 Å². The van der Waals surface area contributed by atoms with Gasteiger partial charge in [0, 0.05) is 31.3 Å². The highest BCUT2D eigenvalue weighted by Crippen LogP contribution is 2.20. The number of benzene rings is 1. The van der Waals surface area contributed by atoms with Gasteiger partial charge in [-0.15, -0.1) is 0 Å². The van der Waals surface area contributed by atoms with Crippen LogP contribution in [0.5, 0.6) is 0 Å². The maximum absolute atomic E-state index is 13.2. The molecule has 196 valence electrons. The van der Waals surface area contributed by atoms with E-state index in [0.29, 0.717) is 49.8 Å². The van der Waals surface area contributed by atoms with Crippen LogP contribution in [0.4, 0.5) is 0 Å². The second-order valence-corrected chi connectivity index (χ2v) is 9.84. The molecule has 0 spiro atoms. The zero-order chi connectivity index (χ0) is 26.4. The molecule has 3 heterocycles. The minimum atomic E-state index is -0.653. The van der Waals surface area contributed by atoms with Gasteiger partial charge < -0.3 is 20.5 Å². The molecule has 0 saturated heterocycles. The summed E-state index contributed by atoms with van der Waals surface area (Å²) >= 11 is 0. The molecule has 0 bridgehead atoms. The summed E-state index contributed by atoms with van der Waals surface area (Å²) in [6.45, 7) is 7.05. The lowest BCUT2D eigenvalue weighted by Crippen LogP contribution is -2.48. The summed E-state index contributed by atoms with van der Waals surface area (Å²) < 4.78 is 1.77. The van der Waals surface area contributed by atoms with E-state index in [1.54, 1.807) is 27.9 Å². The molecule has 1 aromatic carbocycles. The van der Waals surface area contributed by atoms with Crippen LogP contribution in [0.25, 0.3) is 11.4 Å². The van der Waals surface area contributed by atoms with Crippen molar-refractivity contribution in [2.24, 2.45) is 5.92 Å². The lowest BCUT2D eigenvalue weighted by atomic mass is 10.0. The summed E-state index contributed by atoms with van der Waals surface area (Å²) in [4.78, 5) is 48.6. The SMILES string of the molecule is CC(C)C[C@H]1NC(=O)CCCN(C(=O)c2ccc[nH]2)CCn2nc(-c3ccccc3)nc2[C@@H](C)NC1=O. The number of rotatable bonds is 4. The highest BCUT2D eigenvalue weighted by Gasteiger charge is 2.27. The highest BCUT2D eigenvalue weighted by atomic mass is 16.2. The van der Waals surface area contributed by atoms with Gasteiger partial charge in [0.05, 0.1) is 12.6 Å². The first-order valence-corrected chi connectivity index (χ1v) is 12.8. The maximum atomic E-state index is 13.2. The zero-order valence-corrected chi connectivity index (χ0v) is 21.6. The fourth-order valence-corrected chi connectivity index (χ4v) is 4.49. The minimum Gasteiger partial charge on any atom is -0.357 e. The second kappa shape index (κ2) is 11.9. The summed E-state index contributed by atoms with van der Waals surface area (Å²) in [5.74, 6) is 0.772. The van der Waals surface area contributed by atoms with Gasteiger partial charge in [-0.3, -0.25) is 14.4 Å². The first-order chi connectivity index (χ1) is 17.8. The molecule has 3 amide bonds. The molecular formula is C27H35N7O3. The van der Waals surface area contributed by atoms with E-state index in [0.717, 1.165) is 5.56 Å². The predicted octanol–water partition coefficient (Wildman–Crippen LogP) is 2.92. The van der Waals surface area contributed by atoms with Gasteiger partial charge in [-0.2, -0.15) is 5.10 Å². The fourth-order valence-electron chi connectivity index (χ4n) is 4.49. The molecule has 0 unspecified atom stereocenters. The molecule has 3 N–H and O–H groups in total. The van der Waals surface area contributed by atoms with Crippen molar-refractivity contribution in [1.82, 2.24) is 35.3 Å². The molecule has 0 aliphatic carbocycles. The van der Waals surface area contributed by atoms with Gasteiger partial charge in [-0.1, -0.05) is 44.2 Å². The molecule has 3 aromatic rings. The number of aromatic amines is 1. The third-order valence-electron chi connectivity index (χ3n) is 6.37. The summed E-state index contributed by atoms with van der Waals surface area (Å²) in [5, 5.41) is 10.7. The minimum absolute atomic E-state index is 0.138. The van der Waals surface area contributed by atoms with Crippen LogP contribution >= 0.6 is 0 Å². The van der Waals surface area contributed by atoms with Gasteiger partial charge in [0.25, 0.3) is 5.91 Å². The summed E-state index contributed by atoms with van der Waals surface area (Å²) in [7, 11) is 0. The molecule has 2 atom stereocenters. The number of hydrogen-bond acceptors (Lipinski definition) is 5. The van der Waals surface area contributed by atoms with Crippen molar-refractivity contribution < 1.29 is 14.4 Å². The van der Waals surface area contributed by atoms with Gasteiger partial charge in [-0.05, 0) is 37.8 Å². The van der Waals surface area contributed by atoms with Crippen molar-refractivity contribution in [3.8, 4) is 11.4 Å². The topological polar surface area (TPSA) is 125 Å². The quantitative estimate of drug-likeness (QED) is 0.503. The van der Waals surface area contributed by atoms with E-state index in [-0.39, 0.29) is 30.1 Å². The Balaban J connectivity index is 1.67. The number of carbonyl (C=O) groups is 3. The lowest BCUT2D eigenvalue weighted by molar-refractivity contribution is -0.129. The van der Waals surface area contributed by atoms with Crippen LogP contribution in [0.3, 0.4) is 0 Å². The van der Waals surface area contributed by atoms with Crippen LogP contribution in [0.15, 0.2) is 48.7 Å². The number of fused-ring (bicyclic) bond motifs is 1.